The highest BCUT2D eigenvalue weighted by molar-refractivity contribution is 5.98. The van der Waals surface area contributed by atoms with Crippen molar-refractivity contribution in [3.8, 4) is 11.5 Å². The van der Waals surface area contributed by atoms with Gasteiger partial charge in [0, 0.05) is 18.5 Å². The maximum Gasteiger partial charge on any atom is 0.119 e. The second kappa shape index (κ2) is 11.3. The molecule has 3 aromatic rings. The van der Waals surface area contributed by atoms with Crippen molar-refractivity contribution < 1.29 is 14.2 Å². The van der Waals surface area contributed by atoms with Crippen LogP contribution in [0.2, 0.25) is 0 Å². The molecule has 2 atom stereocenters. The summed E-state index contributed by atoms with van der Waals surface area (Å²) in [4.78, 5) is 2.32. The van der Waals surface area contributed by atoms with Gasteiger partial charge in [0.15, 0.2) is 0 Å². The van der Waals surface area contributed by atoms with Crippen molar-refractivity contribution in [1.29, 1.82) is 0 Å². The summed E-state index contributed by atoms with van der Waals surface area (Å²) in [5.41, 5.74) is 5.78. The van der Waals surface area contributed by atoms with Crippen molar-refractivity contribution in [2.24, 2.45) is 5.92 Å². The Morgan fingerprint density at radius 3 is 2.21 bits per heavy atom. The Morgan fingerprint density at radius 2 is 1.62 bits per heavy atom. The van der Waals surface area contributed by atoms with Crippen molar-refractivity contribution in [3.63, 3.8) is 0 Å². The number of phenols is 1. The lowest BCUT2D eigenvalue weighted by Gasteiger charge is -2.24. The van der Waals surface area contributed by atoms with Gasteiger partial charge in [0.2, 0.25) is 0 Å². The Morgan fingerprint density at radius 1 is 0.971 bits per heavy atom. The van der Waals surface area contributed by atoms with Gasteiger partial charge in [-0.2, -0.15) is 0 Å². The zero-order chi connectivity index (χ0) is 23.9. The molecular weight excluding hydrogens is 425 g/mol. The molecule has 4 heteroatoms. The van der Waals surface area contributed by atoms with Gasteiger partial charge in [-0.25, -0.2) is 0 Å². The Labute approximate surface area is 202 Å². The Balaban J connectivity index is 1.57. The maximum absolute atomic E-state index is 12.9. The van der Waals surface area contributed by atoms with Gasteiger partial charge in [-0.1, -0.05) is 61.5 Å². The van der Waals surface area contributed by atoms with Gasteiger partial charge >= 0.3 is 0 Å². The minimum absolute atomic E-state index is 0.171. The first-order valence-electron chi connectivity index (χ1n) is 12.2. The van der Waals surface area contributed by atoms with E-state index >= 15 is 0 Å². The van der Waals surface area contributed by atoms with Gasteiger partial charge in [-0.05, 0) is 78.4 Å². The molecule has 3 nitrogen and oxygen atoms in total. The van der Waals surface area contributed by atoms with Crippen LogP contribution in [0, 0.1) is 5.92 Å². The summed E-state index contributed by atoms with van der Waals surface area (Å²) in [6.07, 6.45) is 1.81. The number of ether oxygens (including phenoxy) is 1. The molecule has 1 heterocycles. The predicted octanol–water partition coefficient (Wildman–Crippen LogP) is 6.82. The number of hydrogen-bond donors (Lipinski definition) is 1. The minimum atomic E-state index is -0.231. The van der Waals surface area contributed by atoms with Crippen molar-refractivity contribution in [1.82, 2.24) is 4.90 Å². The number of benzene rings is 3. The molecule has 1 saturated heterocycles. The summed E-state index contributed by atoms with van der Waals surface area (Å²) < 4.78 is 19.0. The average Bonchev–Trinajstić information content (AvgIpc) is 3.37. The van der Waals surface area contributed by atoms with Crippen molar-refractivity contribution >= 4 is 11.1 Å². The van der Waals surface area contributed by atoms with Gasteiger partial charge in [0.05, 0.1) is 6.67 Å². The second-order valence-electron chi connectivity index (χ2n) is 9.11. The SMILES string of the molecule is CCC(=C(c1ccc(O)cc1)c1ccc(OC[C@H](C)N2CC[C@@H](CF)C2)cc1)c1ccccc1. The summed E-state index contributed by atoms with van der Waals surface area (Å²) in [7, 11) is 0. The van der Waals surface area contributed by atoms with Crippen LogP contribution >= 0.6 is 0 Å². The van der Waals surface area contributed by atoms with Crippen molar-refractivity contribution in [2.45, 2.75) is 32.7 Å². The van der Waals surface area contributed by atoms with Crippen LogP contribution in [0.15, 0.2) is 78.9 Å². The van der Waals surface area contributed by atoms with Gasteiger partial charge in [0.1, 0.15) is 18.1 Å². The molecule has 1 fully saturated rings. The first-order valence-corrected chi connectivity index (χ1v) is 12.2. The number of allylic oxidation sites excluding steroid dienone is 1. The largest absolute Gasteiger partial charge is 0.508 e. The van der Waals surface area contributed by atoms with E-state index in [1.54, 1.807) is 12.1 Å². The highest BCUT2D eigenvalue weighted by Crippen LogP contribution is 2.35. The monoisotopic (exact) mass is 459 g/mol. The smallest absolute Gasteiger partial charge is 0.119 e. The van der Waals surface area contributed by atoms with E-state index in [0.717, 1.165) is 48.4 Å². The lowest BCUT2D eigenvalue weighted by atomic mass is 9.88. The van der Waals surface area contributed by atoms with E-state index in [9.17, 15) is 9.50 Å². The number of phenolic OH excluding ortho intramolecular Hbond substituents is 1. The standard InChI is InChI=1S/C30H34FNO2/c1-3-29(24-7-5-4-6-8-24)30(25-9-13-27(33)14-10-25)26-11-15-28(16-12-26)34-21-22(2)32-18-17-23(19-31)20-32/h4-16,22-23,33H,3,17-21H2,1-2H3/t22-,23-/m0/s1. The molecule has 0 saturated carbocycles. The molecule has 0 spiro atoms. The quantitative estimate of drug-likeness (QED) is 0.356. The first kappa shape index (κ1) is 24.0. The maximum atomic E-state index is 12.9. The molecule has 0 aromatic heterocycles. The Bertz CT molecular complexity index is 1080. The Kier molecular flexibility index (Phi) is 8.02. The van der Waals surface area contributed by atoms with Crippen molar-refractivity contribution in [3.05, 3.63) is 95.6 Å². The van der Waals surface area contributed by atoms with E-state index in [4.69, 9.17) is 4.74 Å². The molecule has 1 aliphatic heterocycles. The Hall–Kier alpha value is -3.11. The molecule has 1 aliphatic rings. The summed E-state index contributed by atoms with van der Waals surface area (Å²) in [6, 6.07) is 26.4. The first-order chi connectivity index (χ1) is 16.6. The van der Waals surface area contributed by atoms with E-state index in [-0.39, 0.29) is 24.4 Å². The van der Waals surface area contributed by atoms with Crippen molar-refractivity contribution in [2.75, 3.05) is 26.4 Å². The molecule has 178 valence electrons. The van der Waals surface area contributed by atoms with Crippen LogP contribution in [-0.2, 0) is 0 Å². The summed E-state index contributed by atoms with van der Waals surface area (Å²) >= 11 is 0. The number of likely N-dealkylation sites (tertiary alicyclic amines) is 1. The number of nitrogens with zero attached hydrogens (tertiary/aromatic N) is 1. The molecule has 0 aliphatic carbocycles. The molecule has 3 aromatic carbocycles. The predicted molar refractivity (Wildman–Crippen MR) is 138 cm³/mol. The number of hydrogen-bond acceptors (Lipinski definition) is 3. The third-order valence-corrected chi connectivity index (χ3v) is 6.73. The fourth-order valence-corrected chi connectivity index (χ4v) is 4.74. The molecule has 34 heavy (non-hydrogen) atoms. The van der Waals surface area contributed by atoms with Gasteiger partial charge in [0.25, 0.3) is 0 Å². The number of alkyl halides is 1. The van der Waals surface area contributed by atoms with Crippen LogP contribution in [-0.4, -0.2) is 42.4 Å². The fourth-order valence-electron chi connectivity index (χ4n) is 4.74. The zero-order valence-corrected chi connectivity index (χ0v) is 20.1. The average molecular weight is 460 g/mol. The van der Waals surface area contributed by atoms with Gasteiger partial charge < -0.3 is 9.84 Å². The molecule has 0 unspecified atom stereocenters. The van der Waals surface area contributed by atoms with E-state index in [1.807, 2.05) is 30.3 Å². The topological polar surface area (TPSA) is 32.7 Å². The minimum Gasteiger partial charge on any atom is -0.508 e. The fraction of sp³-hybridized carbons (Fsp3) is 0.333. The lowest BCUT2D eigenvalue weighted by molar-refractivity contribution is 0.166. The van der Waals surface area contributed by atoms with Crippen LogP contribution < -0.4 is 4.74 Å². The highest BCUT2D eigenvalue weighted by atomic mass is 19.1. The second-order valence-corrected chi connectivity index (χ2v) is 9.11. The number of rotatable bonds is 9. The van der Waals surface area contributed by atoms with Crippen LogP contribution in [0.5, 0.6) is 11.5 Å². The number of halogens is 1. The molecule has 0 bridgehead atoms. The highest BCUT2D eigenvalue weighted by Gasteiger charge is 2.26. The molecule has 0 radical (unpaired) electrons. The number of aromatic hydroxyl groups is 1. The van der Waals surface area contributed by atoms with E-state index in [0.29, 0.717) is 6.61 Å². The lowest BCUT2D eigenvalue weighted by Crippen LogP contribution is -2.35. The summed E-state index contributed by atoms with van der Waals surface area (Å²) in [6.45, 7) is 6.44. The van der Waals surface area contributed by atoms with Gasteiger partial charge in [-0.3, -0.25) is 9.29 Å². The zero-order valence-electron chi connectivity index (χ0n) is 20.1. The van der Waals surface area contributed by atoms with Crippen LogP contribution in [0.4, 0.5) is 4.39 Å². The van der Waals surface area contributed by atoms with E-state index in [1.165, 1.54) is 11.1 Å². The van der Waals surface area contributed by atoms with Crippen LogP contribution in [0.3, 0.4) is 0 Å². The van der Waals surface area contributed by atoms with Crippen LogP contribution in [0.25, 0.3) is 11.1 Å². The summed E-state index contributed by atoms with van der Waals surface area (Å²) in [5.74, 6) is 1.26. The van der Waals surface area contributed by atoms with E-state index in [2.05, 4.69) is 55.1 Å². The molecule has 1 N–H and O–H groups in total. The third-order valence-electron chi connectivity index (χ3n) is 6.73. The molecule has 0 amide bonds. The normalized spacial score (nSPS) is 17.9. The third kappa shape index (κ3) is 5.68. The summed E-state index contributed by atoms with van der Waals surface area (Å²) in [5, 5.41) is 9.81. The van der Waals surface area contributed by atoms with Crippen LogP contribution in [0.1, 0.15) is 43.4 Å². The molecule has 4 rings (SSSR count). The molecular formula is C30H34FNO2. The van der Waals surface area contributed by atoms with Gasteiger partial charge in [-0.15, -0.1) is 0 Å². The van der Waals surface area contributed by atoms with E-state index < -0.39 is 0 Å².